The largest absolute Gasteiger partial charge is 0.457 e. The van der Waals surface area contributed by atoms with Gasteiger partial charge in [0.2, 0.25) is 0 Å². The molecule has 0 aromatic heterocycles. The number of esters is 1. The fourth-order valence-electron chi connectivity index (χ4n) is 3.60. The number of hydrogen-bond donors (Lipinski definition) is 0. The van der Waals surface area contributed by atoms with Gasteiger partial charge in [0.05, 0.1) is 4.24 Å². The highest BCUT2D eigenvalue weighted by molar-refractivity contribution is 8.22. The Morgan fingerprint density at radius 1 is 1.12 bits per heavy atom. The summed E-state index contributed by atoms with van der Waals surface area (Å²) >= 11 is 3.34. The van der Waals surface area contributed by atoms with Crippen molar-refractivity contribution in [1.29, 1.82) is 5.26 Å². The van der Waals surface area contributed by atoms with Crippen LogP contribution in [0.1, 0.15) is 38.2 Å². The summed E-state index contributed by atoms with van der Waals surface area (Å²) in [5.41, 5.74) is 1.10. The maximum atomic E-state index is 12.3. The molecule has 3 rings (SSSR count). The van der Waals surface area contributed by atoms with Gasteiger partial charge < -0.3 is 4.74 Å². The van der Waals surface area contributed by atoms with Gasteiger partial charge in [-0.05, 0) is 36.2 Å². The van der Waals surface area contributed by atoms with Gasteiger partial charge in [0.1, 0.15) is 12.7 Å². The van der Waals surface area contributed by atoms with Crippen LogP contribution in [-0.4, -0.2) is 17.5 Å². The Bertz CT molecular complexity index is 678. The second kappa shape index (κ2) is 9.53. The molecule has 1 aromatic carbocycles. The highest BCUT2D eigenvalue weighted by Crippen LogP contribution is 2.45. The van der Waals surface area contributed by atoms with Crippen LogP contribution in [0.3, 0.4) is 0 Å². The molecule has 2 aliphatic rings. The van der Waals surface area contributed by atoms with E-state index < -0.39 is 5.97 Å². The van der Waals surface area contributed by atoms with Crippen LogP contribution in [0.2, 0.25) is 0 Å². The van der Waals surface area contributed by atoms with Crippen LogP contribution in [0.25, 0.3) is 0 Å². The van der Waals surface area contributed by atoms with E-state index in [1.807, 2.05) is 30.3 Å². The van der Waals surface area contributed by atoms with E-state index >= 15 is 0 Å². The molecule has 1 aliphatic heterocycles. The lowest BCUT2D eigenvalue weighted by molar-refractivity contribution is -0.139. The third-order valence-electron chi connectivity index (χ3n) is 5.32. The normalized spacial score (nSPS) is 26.0. The minimum atomic E-state index is -0.503. The summed E-state index contributed by atoms with van der Waals surface area (Å²) < 4.78 is 6.18. The predicted octanol–water partition coefficient (Wildman–Crippen LogP) is 5.39. The third kappa shape index (κ3) is 5.08. The number of nitriles is 1. The summed E-state index contributed by atoms with van der Waals surface area (Å²) in [6.45, 7) is 2.55. The van der Waals surface area contributed by atoms with E-state index in [-0.39, 0.29) is 12.2 Å². The van der Waals surface area contributed by atoms with Crippen molar-refractivity contribution in [2.45, 2.75) is 39.2 Å². The molecule has 5 heteroatoms. The number of carbonyl (C=O) groups excluding carboxylic acids is 1. The lowest BCUT2D eigenvalue weighted by atomic mass is 9.77. The number of ether oxygens (including phenoxy) is 1. The van der Waals surface area contributed by atoms with Gasteiger partial charge in [-0.3, -0.25) is 0 Å². The molecule has 138 valence electrons. The molecular weight excluding hydrogens is 362 g/mol. The molecule has 0 spiro atoms. The molecule has 3 nitrogen and oxygen atoms in total. The first-order valence-electron chi connectivity index (χ1n) is 9.28. The Hall–Kier alpha value is -1.38. The number of benzene rings is 1. The SMILES string of the molecule is CC1CCC(C2CSC(=C(C#N)C(=O)OCc3ccccc3)SC2)CC1. The summed E-state index contributed by atoms with van der Waals surface area (Å²) in [4.78, 5) is 12.3. The maximum absolute atomic E-state index is 12.3. The summed E-state index contributed by atoms with van der Waals surface area (Å²) in [5.74, 6) is 3.90. The highest BCUT2D eigenvalue weighted by atomic mass is 32.2. The lowest BCUT2D eigenvalue weighted by Gasteiger charge is -2.35. The standard InChI is InChI=1S/C21H25NO2S2/c1-15-7-9-17(10-8-15)18-13-25-21(26-14-18)19(11-22)20(23)24-12-16-5-3-2-4-6-16/h2-6,15,17-18H,7-10,12-14H2,1H3. The highest BCUT2D eigenvalue weighted by Gasteiger charge is 2.31. The number of nitrogens with zero attached hydrogens (tertiary/aromatic N) is 1. The van der Waals surface area contributed by atoms with E-state index in [1.165, 1.54) is 25.7 Å². The molecule has 2 fully saturated rings. The van der Waals surface area contributed by atoms with Gasteiger partial charge in [0.15, 0.2) is 5.57 Å². The van der Waals surface area contributed by atoms with E-state index in [1.54, 1.807) is 23.5 Å². The van der Waals surface area contributed by atoms with Gasteiger partial charge in [-0.2, -0.15) is 5.26 Å². The van der Waals surface area contributed by atoms with Crippen molar-refractivity contribution in [3.8, 4) is 6.07 Å². The number of carbonyl (C=O) groups is 1. The van der Waals surface area contributed by atoms with Crippen LogP contribution in [0, 0.1) is 29.1 Å². The molecule has 0 bridgehead atoms. The van der Waals surface area contributed by atoms with Crippen molar-refractivity contribution >= 4 is 29.5 Å². The Balaban J connectivity index is 1.55. The van der Waals surface area contributed by atoms with Crippen LogP contribution in [-0.2, 0) is 16.1 Å². The average Bonchev–Trinajstić information content (AvgIpc) is 2.69. The second-order valence-electron chi connectivity index (χ2n) is 7.24. The summed E-state index contributed by atoms with van der Waals surface area (Å²) in [5, 5.41) is 9.45. The molecule has 1 saturated heterocycles. The van der Waals surface area contributed by atoms with Crippen molar-refractivity contribution in [1.82, 2.24) is 0 Å². The van der Waals surface area contributed by atoms with Gasteiger partial charge in [0, 0.05) is 11.5 Å². The van der Waals surface area contributed by atoms with Crippen molar-refractivity contribution in [2.75, 3.05) is 11.5 Å². The van der Waals surface area contributed by atoms with E-state index in [0.29, 0.717) is 5.92 Å². The van der Waals surface area contributed by atoms with Gasteiger partial charge in [-0.25, -0.2) is 4.79 Å². The fourth-order valence-corrected chi connectivity index (χ4v) is 6.55. The van der Waals surface area contributed by atoms with Gasteiger partial charge >= 0.3 is 5.97 Å². The third-order valence-corrected chi connectivity index (χ3v) is 8.15. The van der Waals surface area contributed by atoms with Gasteiger partial charge in [-0.1, -0.05) is 50.1 Å². The summed E-state index contributed by atoms with van der Waals surface area (Å²) in [6, 6.07) is 11.6. The van der Waals surface area contributed by atoms with Gasteiger partial charge in [-0.15, -0.1) is 23.5 Å². The quantitative estimate of drug-likeness (QED) is 0.394. The monoisotopic (exact) mass is 387 g/mol. The van der Waals surface area contributed by atoms with E-state index in [2.05, 4.69) is 13.0 Å². The van der Waals surface area contributed by atoms with Crippen molar-refractivity contribution < 1.29 is 9.53 Å². The molecule has 0 atom stereocenters. The first-order valence-corrected chi connectivity index (χ1v) is 11.3. The fraction of sp³-hybridized carbons (Fsp3) is 0.524. The molecule has 0 amide bonds. The van der Waals surface area contributed by atoms with Crippen LogP contribution in [0.15, 0.2) is 40.1 Å². The Morgan fingerprint density at radius 2 is 1.77 bits per heavy atom. The molecule has 0 N–H and O–H groups in total. The number of thioether (sulfide) groups is 2. The van der Waals surface area contributed by atoms with Crippen molar-refractivity contribution in [3.05, 3.63) is 45.7 Å². The first kappa shape index (κ1) is 19.4. The zero-order valence-electron chi connectivity index (χ0n) is 15.1. The lowest BCUT2D eigenvalue weighted by Crippen LogP contribution is -2.26. The molecule has 1 aliphatic carbocycles. The van der Waals surface area contributed by atoms with E-state index in [0.717, 1.165) is 33.1 Å². The van der Waals surface area contributed by atoms with Crippen LogP contribution in [0.5, 0.6) is 0 Å². The van der Waals surface area contributed by atoms with Crippen LogP contribution in [0.4, 0.5) is 0 Å². The first-order chi connectivity index (χ1) is 12.7. The van der Waals surface area contributed by atoms with E-state index in [4.69, 9.17) is 4.74 Å². The maximum Gasteiger partial charge on any atom is 0.350 e. The second-order valence-corrected chi connectivity index (χ2v) is 9.56. The minimum Gasteiger partial charge on any atom is -0.457 e. The zero-order valence-corrected chi connectivity index (χ0v) is 16.8. The minimum absolute atomic E-state index is 0.173. The molecule has 26 heavy (non-hydrogen) atoms. The predicted molar refractivity (Wildman–Crippen MR) is 108 cm³/mol. The smallest absolute Gasteiger partial charge is 0.350 e. The average molecular weight is 388 g/mol. The molecule has 1 heterocycles. The summed E-state index contributed by atoms with van der Waals surface area (Å²) in [6.07, 6.45) is 5.34. The summed E-state index contributed by atoms with van der Waals surface area (Å²) in [7, 11) is 0. The molecule has 0 radical (unpaired) electrons. The van der Waals surface area contributed by atoms with Crippen molar-refractivity contribution in [3.63, 3.8) is 0 Å². The Kier molecular flexibility index (Phi) is 7.10. The molecule has 1 aromatic rings. The molecular formula is C21H25NO2S2. The van der Waals surface area contributed by atoms with E-state index in [9.17, 15) is 10.1 Å². The van der Waals surface area contributed by atoms with Crippen molar-refractivity contribution in [2.24, 2.45) is 17.8 Å². The zero-order chi connectivity index (χ0) is 18.4. The Labute approximate surface area is 164 Å². The molecule has 0 unspecified atom stereocenters. The van der Waals surface area contributed by atoms with Crippen LogP contribution < -0.4 is 0 Å². The Morgan fingerprint density at radius 3 is 2.38 bits per heavy atom. The van der Waals surface area contributed by atoms with Crippen LogP contribution >= 0.6 is 23.5 Å². The topological polar surface area (TPSA) is 50.1 Å². The molecule has 1 saturated carbocycles. The van der Waals surface area contributed by atoms with Gasteiger partial charge in [0.25, 0.3) is 0 Å². The number of hydrogen-bond acceptors (Lipinski definition) is 5. The number of rotatable bonds is 4.